The van der Waals surface area contributed by atoms with Crippen molar-refractivity contribution in [1.82, 2.24) is 16.0 Å². The minimum atomic E-state index is -0.992. The molecule has 0 aliphatic rings. The molecular formula is C29H44N4O6. The zero-order valence-electron chi connectivity index (χ0n) is 23.9. The topological polar surface area (TPSA) is 157 Å². The van der Waals surface area contributed by atoms with Gasteiger partial charge in [0.2, 0.25) is 23.6 Å². The lowest BCUT2D eigenvalue weighted by atomic mass is 9.94. The number of ether oxygens (including phenoxy) is 1. The lowest BCUT2D eigenvalue weighted by molar-refractivity contribution is -0.137. The smallest absolute Gasteiger partial charge is 0.330 e. The monoisotopic (exact) mass is 544 g/mol. The van der Waals surface area contributed by atoms with Crippen LogP contribution >= 0.6 is 0 Å². The van der Waals surface area contributed by atoms with Crippen LogP contribution in [0.1, 0.15) is 66.4 Å². The Morgan fingerprint density at radius 3 is 2.10 bits per heavy atom. The summed E-state index contributed by atoms with van der Waals surface area (Å²) >= 11 is 0. The zero-order chi connectivity index (χ0) is 29.6. The number of amides is 4. The summed E-state index contributed by atoms with van der Waals surface area (Å²) in [5, 5.41) is 8.42. The van der Waals surface area contributed by atoms with Crippen molar-refractivity contribution in [3.8, 4) is 0 Å². The number of nitrogens with one attached hydrogen (secondary N) is 3. The highest BCUT2D eigenvalue weighted by Gasteiger charge is 2.31. The van der Waals surface area contributed by atoms with E-state index in [0.29, 0.717) is 6.42 Å². The van der Waals surface area contributed by atoms with Crippen molar-refractivity contribution in [1.29, 1.82) is 0 Å². The van der Waals surface area contributed by atoms with Gasteiger partial charge in [-0.15, -0.1) is 0 Å². The zero-order valence-corrected chi connectivity index (χ0v) is 23.9. The van der Waals surface area contributed by atoms with E-state index in [-0.39, 0.29) is 37.7 Å². The minimum Gasteiger partial charge on any atom is -0.463 e. The predicted octanol–water partition coefficient (Wildman–Crippen LogP) is 2.16. The summed E-state index contributed by atoms with van der Waals surface area (Å²) in [5.41, 5.74) is 5.40. The molecule has 1 aromatic carbocycles. The van der Waals surface area contributed by atoms with Gasteiger partial charge in [-0.3, -0.25) is 19.2 Å². The van der Waals surface area contributed by atoms with Gasteiger partial charge in [-0.05, 0) is 31.2 Å². The summed E-state index contributed by atoms with van der Waals surface area (Å²) < 4.78 is 4.89. The van der Waals surface area contributed by atoms with E-state index in [0.717, 1.165) is 5.56 Å². The fraction of sp³-hybridized carbons (Fsp3) is 0.552. The number of primary amides is 1. The molecule has 4 amide bonds. The molecule has 0 unspecified atom stereocenters. The van der Waals surface area contributed by atoms with E-state index in [1.807, 2.05) is 44.2 Å². The molecule has 216 valence electrons. The van der Waals surface area contributed by atoms with Crippen LogP contribution in [-0.2, 0) is 35.1 Å². The molecule has 10 nitrogen and oxygen atoms in total. The van der Waals surface area contributed by atoms with Gasteiger partial charge >= 0.3 is 5.97 Å². The van der Waals surface area contributed by atoms with Gasteiger partial charge in [0.1, 0.15) is 12.1 Å². The predicted molar refractivity (Wildman–Crippen MR) is 149 cm³/mol. The first kappa shape index (κ1) is 33.3. The number of rotatable bonds is 15. The maximum atomic E-state index is 13.5. The highest BCUT2D eigenvalue weighted by atomic mass is 16.5. The van der Waals surface area contributed by atoms with E-state index >= 15 is 0 Å². The summed E-state index contributed by atoms with van der Waals surface area (Å²) in [6, 6.07) is 6.64. The fourth-order valence-electron chi connectivity index (χ4n) is 3.59. The van der Waals surface area contributed by atoms with Crippen LogP contribution in [0, 0.1) is 11.3 Å². The highest BCUT2D eigenvalue weighted by molar-refractivity contribution is 5.93. The Labute approximate surface area is 231 Å². The van der Waals surface area contributed by atoms with Crippen molar-refractivity contribution in [2.45, 2.75) is 85.4 Å². The lowest BCUT2D eigenvalue weighted by Gasteiger charge is -2.27. The Morgan fingerprint density at radius 2 is 1.56 bits per heavy atom. The molecule has 10 heteroatoms. The molecule has 5 N–H and O–H groups in total. The summed E-state index contributed by atoms with van der Waals surface area (Å²) in [6.07, 6.45) is 3.32. The second-order valence-electron chi connectivity index (χ2n) is 10.9. The van der Waals surface area contributed by atoms with Crippen molar-refractivity contribution in [3.05, 3.63) is 48.0 Å². The van der Waals surface area contributed by atoms with Gasteiger partial charge in [-0.25, -0.2) is 4.79 Å². The largest absolute Gasteiger partial charge is 0.463 e. The normalized spacial score (nSPS) is 13.8. The first-order valence-corrected chi connectivity index (χ1v) is 13.3. The van der Waals surface area contributed by atoms with Crippen LogP contribution in [0.15, 0.2) is 42.5 Å². The molecule has 0 aliphatic heterocycles. The molecule has 39 heavy (non-hydrogen) atoms. The Balaban J connectivity index is 3.20. The molecule has 0 spiro atoms. The van der Waals surface area contributed by atoms with Crippen molar-refractivity contribution in [2.24, 2.45) is 17.1 Å². The molecule has 0 radical (unpaired) electrons. The molecule has 3 atom stereocenters. The van der Waals surface area contributed by atoms with Crippen LogP contribution in [0.25, 0.3) is 0 Å². The maximum Gasteiger partial charge on any atom is 0.330 e. The second kappa shape index (κ2) is 16.3. The third kappa shape index (κ3) is 13.6. The van der Waals surface area contributed by atoms with E-state index in [1.165, 1.54) is 12.2 Å². The molecule has 1 rings (SSSR count). The van der Waals surface area contributed by atoms with Crippen LogP contribution in [0.3, 0.4) is 0 Å². The van der Waals surface area contributed by atoms with Gasteiger partial charge in [0.15, 0.2) is 0 Å². The Hall–Kier alpha value is -3.69. The van der Waals surface area contributed by atoms with E-state index in [2.05, 4.69) is 16.0 Å². The van der Waals surface area contributed by atoms with E-state index in [9.17, 15) is 24.0 Å². The van der Waals surface area contributed by atoms with Gasteiger partial charge in [0.25, 0.3) is 0 Å². The third-order valence-corrected chi connectivity index (χ3v) is 5.71. The van der Waals surface area contributed by atoms with Crippen LogP contribution in [0.4, 0.5) is 0 Å². The van der Waals surface area contributed by atoms with Crippen LogP contribution in [0.2, 0.25) is 0 Å². The Morgan fingerprint density at radius 1 is 0.949 bits per heavy atom. The summed E-state index contributed by atoms with van der Waals surface area (Å²) in [5.74, 6) is -2.31. The first-order chi connectivity index (χ1) is 18.2. The van der Waals surface area contributed by atoms with E-state index in [1.54, 1.807) is 27.7 Å². The van der Waals surface area contributed by atoms with Crippen molar-refractivity contribution >= 4 is 29.6 Å². The van der Waals surface area contributed by atoms with Crippen LogP contribution in [-0.4, -0.2) is 54.3 Å². The Bertz CT molecular complexity index is 1000. The number of carbonyl (C=O) groups excluding carboxylic acids is 5. The maximum absolute atomic E-state index is 13.5. The SMILES string of the molecule is CCOC(=O)/C=C/[C@H](CCC(N)=O)NC(=O)[C@H](Cc1ccccc1)NC(=O)[C@H](CC(C)C)NC(=O)C(C)(C)C. The standard InChI is InChI=1S/C29H44N4O6/c1-7-39-25(35)16-14-21(13-15-24(30)34)31-26(36)23(18-20-11-9-8-10-12-20)32-27(37)22(17-19(2)3)33-28(38)29(4,5)6/h8-12,14,16,19,21-23H,7,13,15,17-18H2,1-6H3,(H2,30,34)(H,31,36)(H,32,37)(H,33,38)/b16-14+/t21-,22-,23-/m0/s1. The average Bonchev–Trinajstić information content (AvgIpc) is 2.84. The quantitative estimate of drug-likeness (QED) is 0.196. The summed E-state index contributed by atoms with van der Waals surface area (Å²) in [6.45, 7) is 11.0. The molecule has 0 saturated heterocycles. The van der Waals surface area contributed by atoms with Gasteiger partial charge < -0.3 is 26.4 Å². The fourth-order valence-corrected chi connectivity index (χ4v) is 3.59. The number of hydrogen-bond acceptors (Lipinski definition) is 6. The number of hydrogen-bond donors (Lipinski definition) is 4. The van der Waals surface area contributed by atoms with Gasteiger partial charge in [-0.1, -0.05) is 71.0 Å². The van der Waals surface area contributed by atoms with Crippen LogP contribution < -0.4 is 21.7 Å². The van der Waals surface area contributed by atoms with E-state index < -0.39 is 47.2 Å². The van der Waals surface area contributed by atoms with Crippen LogP contribution in [0.5, 0.6) is 0 Å². The molecule has 0 saturated carbocycles. The molecular weight excluding hydrogens is 500 g/mol. The number of carbonyl (C=O) groups is 5. The summed E-state index contributed by atoms with van der Waals surface area (Å²) in [4.78, 5) is 62.7. The number of esters is 1. The molecule has 0 bridgehead atoms. The van der Waals surface area contributed by atoms with Crippen molar-refractivity contribution in [2.75, 3.05) is 6.61 Å². The summed E-state index contributed by atoms with van der Waals surface area (Å²) in [7, 11) is 0. The number of benzene rings is 1. The first-order valence-electron chi connectivity index (χ1n) is 13.3. The molecule has 0 heterocycles. The Kier molecular flexibility index (Phi) is 13.9. The number of nitrogens with two attached hydrogens (primary N) is 1. The molecule has 0 fully saturated rings. The molecule has 0 aromatic heterocycles. The third-order valence-electron chi connectivity index (χ3n) is 5.71. The van der Waals surface area contributed by atoms with Crippen molar-refractivity contribution in [3.63, 3.8) is 0 Å². The molecule has 0 aliphatic carbocycles. The average molecular weight is 545 g/mol. The van der Waals surface area contributed by atoms with Gasteiger partial charge in [-0.2, -0.15) is 0 Å². The molecule has 1 aromatic rings. The minimum absolute atomic E-state index is 0.0247. The van der Waals surface area contributed by atoms with Crippen molar-refractivity contribution < 1.29 is 28.7 Å². The van der Waals surface area contributed by atoms with Gasteiger partial charge in [0, 0.05) is 30.4 Å². The van der Waals surface area contributed by atoms with Gasteiger partial charge in [0.05, 0.1) is 6.61 Å². The lowest BCUT2D eigenvalue weighted by Crippen LogP contribution is -2.56. The highest BCUT2D eigenvalue weighted by Crippen LogP contribution is 2.15. The second-order valence-corrected chi connectivity index (χ2v) is 10.9. The van der Waals surface area contributed by atoms with E-state index in [4.69, 9.17) is 10.5 Å².